The lowest BCUT2D eigenvalue weighted by Gasteiger charge is -2.13. The molecule has 2 aromatic rings. The Kier molecular flexibility index (Phi) is 4.23. The van der Waals surface area contributed by atoms with Gasteiger partial charge in [0.15, 0.2) is 0 Å². The molecular weight excluding hydrogens is 323 g/mol. The number of aromatic nitrogens is 2. The van der Waals surface area contributed by atoms with E-state index in [4.69, 9.17) is 5.73 Å². The van der Waals surface area contributed by atoms with Gasteiger partial charge >= 0.3 is 0 Å². The molecule has 0 aliphatic carbocycles. The first-order chi connectivity index (χ1) is 9.38. The smallest absolute Gasteiger partial charge is 0.139 e. The first-order valence-corrected chi connectivity index (χ1v) is 7.04. The number of hydrogen-bond acceptors (Lipinski definition) is 4. The highest BCUT2D eigenvalue weighted by Gasteiger charge is 2.12. The normalized spacial score (nSPS) is 10.9. The Labute approximate surface area is 125 Å². The summed E-state index contributed by atoms with van der Waals surface area (Å²) in [5.74, 6) is 1.53. The Balaban J connectivity index is 2.39. The van der Waals surface area contributed by atoms with E-state index in [1.807, 2.05) is 20.8 Å². The molecule has 0 fully saturated rings. The Morgan fingerprint density at radius 2 is 2.00 bits per heavy atom. The molecule has 3 N–H and O–H groups in total. The van der Waals surface area contributed by atoms with Crippen molar-refractivity contribution < 1.29 is 4.39 Å². The van der Waals surface area contributed by atoms with Gasteiger partial charge < -0.3 is 11.1 Å². The van der Waals surface area contributed by atoms with Crippen LogP contribution in [0.25, 0.3) is 0 Å². The third-order valence-electron chi connectivity index (χ3n) is 2.90. The van der Waals surface area contributed by atoms with Crippen LogP contribution in [0.15, 0.2) is 22.7 Å². The minimum absolute atomic E-state index is 0.167. The highest BCUT2D eigenvalue weighted by atomic mass is 79.9. The van der Waals surface area contributed by atoms with Gasteiger partial charge in [-0.25, -0.2) is 14.4 Å². The maximum absolute atomic E-state index is 13.5. The average Bonchev–Trinajstić information content (AvgIpc) is 2.38. The summed E-state index contributed by atoms with van der Waals surface area (Å²) in [5.41, 5.74) is 7.25. The fourth-order valence-corrected chi connectivity index (χ4v) is 1.89. The van der Waals surface area contributed by atoms with Crippen LogP contribution in [0, 0.1) is 12.7 Å². The maximum Gasteiger partial charge on any atom is 0.139 e. The van der Waals surface area contributed by atoms with Crippen LogP contribution in [0.5, 0.6) is 0 Å². The van der Waals surface area contributed by atoms with Crippen LogP contribution in [0.1, 0.15) is 31.2 Å². The van der Waals surface area contributed by atoms with E-state index in [1.165, 1.54) is 6.07 Å². The second kappa shape index (κ2) is 5.75. The zero-order valence-electron chi connectivity index (χ0n) is 11.5. The lowest BCUT2D eigenvalue weighted by atomic mass is 10.2. The van der Waals surface area contributed by atoms with E-state index in [0.717, 1.165) is 5.56 Å². The van der Waals surface area contributed by atoms with Crippen LogP contribution in [0.4, 0.5) is 21.7 Å². The molecule has 2 rings (SSSR count). The van der Waals surface area contributed by atoms with Gasteiger partial charge in [-0.3, -0.25) is 0 Å². The SMILES string of the molecule is Cc1c(N)nc(C(C)C)nc1Nc1ccc(Br)c(F)c1. The quantitative estimate of drug-likeness (QED) is 0.882. The molecule has 6 heteroatoms. The van der Waals surface area contributed by atoms with E-state index in [2.05, 4.69) is 31.2 Å². The molecule has 4 nitrogen and oxygen atoms in total. The summed E-state index contributed by atoms with van der Waals surface area (Å²) in [7, 11) is 0. The highest BCUT2D eigenvalue weighted by Crippen LogP contribution is 2.26. The van der Waals surface area contributed by atoms with Gasteiger partial charge in [0.05, 0.1) is 4.47 Å². The van der Waals surface area contributed by atoms with Crippen LogP contribution in [0.2, 0.25) is 0 Å². The standard InChI is InChI=1S/C14H16BrFN4/c1-7(2)13-19-12(17)8(3)14(20-13)18-9-4-5-10(15)11(16)6-9/h4-7H,1-3H3,(H3,17,18,19,20). The zero-order valence-corrected chi connectivity index (χ0v) is 13.1. The largest absolute Gasteiger partial charge is 0.383 e. The van der Waals surface area contributed by atoms with E-state index in [9.17, 15) is 4.39 Å². The Hall–Kier alpha value is -1.69. The zero-order chi connectivity index (χ0) is 14.9. The van der Waals surface area contributed by atoms with Crippen LogP contribution < -0.4 is 11.1 Å². The van der Waals surface area contributed by atoms with Crippen LogP contribution in [-0.4, -0.2) is 9.97 Å². The third kappa shape index (κ3) is 3.07. The van der Waals surface area contributed by atoms with Crippen molar-refractivity contribution in [2.24, 2.45) is 0 Å². The van der Waals surface area contributed by atoms with Crippen LogP contribution in [-0.2, 0) is 0 Å². The molecule has 106 valence electrons. The summed E-state index contributed by atoms with van der Waals surface area (Å²) in [6, 6.07) is 4.80. The van der Waals surface area contributed by atoms with E-state index in [1.54, 1.807) is 12.1 Å². The molecule has 1 aromatic heterocycles. The number of benzene rings is 1. The molecule has 0 aliphatic rings. The summed E-state index contributed by atoms with van der Waals surface area (Å²) in [5, 5.41) is 3.08. The summed E-state index contributed by atoms with van der Waals surface area (Å²) < 4.78 is 13.9. The first-order valence-electron chi connectivity index (χ1n) is 6.24. The molecule has 0 radical (unpaired) electrons. The van der Waals surface area contributed by atoms with E-state index < -0.39 is 0 Å². The van der Waals surface area contributed by atoms with E-state index in [0.29, 0.717) is 27.6 Å². The van der Waals surface area contributed by atoms with E-state index >= 15 is 0 Å². The predicted octanol–water partition coefficient (Wildman–Crippen LogP) is 4.14. The van der Waals surface area contributed by atoms with Crippen molar-refractivity contribution in [2.75, 3.05) is 11.1 Å². The highest BCUT2D eigenvalue weighted by molar-refractivity contribution is 9.10. The lowest BCUT2D eigenvalue weighted by Crippen LogP contribution is -2.08. The second-order valence-electron chi connectivity index (χ2n) is 4.85. The predicted molar refractivity (Wildman–Crippen MR) is 82.7 cm³/mol. The van der Waals surface area contributed by atoms with Gasteiger partial charge in [-0.1, -0.05) is 13.8 Å². The van der Waals surface area contributed by atoms with Crippen molar-refractivity contribution in [2.45, 2.75) is 26.7 Å². The number of halogens is 2. The first kappa shape index (κ1) is 14.7. The fraction of sp³-hybridized carbons (Fsp3) is 0.286. The number of rotatable bonds is 3. The van der Waals surface area contributed by atoms with Gasteiger partial charge in [-0.15, -0.1) is 0 Å². The minimum atomic E-state index is -0.334. The molecule has 0 amide bonds. The van der Waals surface area contributed by atoms with Gasteiger partial charge in [0.1, 0.15) is 23.3 Å². The van der Waals surface area contributed by atoms with Crippen molar-refractivity contribution >= 4 is 33.3 Å². The van der Waals surface area contributed by atoms with Crippen LogP contribution >= 0.6 is 15.9 Å². The third-order valence-corrected chi connectivity index (χ3v) is 3.54. The number of anilines is 3. The summed E-state index contributed by atoms with van der Waals surface area (Å²) in [4.78, 5) is 8.69. The molecule has 20 heavy (non-hydrogen) atoms. The molecule has 1 aromatic carbocycles. The molecule has 0 saturated heterocycles. The molecule has 0 aliphatic heterocycles. The van der Waals surface area contributed by atoms with Crippen molar-refractivity contribution in [3.05, 3.63) is 39.9 Å². The van der Waals surface area contributed by atoms with Gasteiger partial charge in [-0.2, -0.15) is 0 Å². The molecule has 0 spiro atoms. The van der Waals surface area contributed by atoms with Gasteiger partial charge in [0, 0.05) is 17.2 Å². The summed E-state index contributed by atoms with van der Waals surface area (Å²) in [6.07, 6.45) is 0. The van der Waals surface area contributed by atoms with Crippen molar-refractivity contribution in [3.63, 3.8) is 0 Å². The van der Waals surface area contributed by atoms with Crippen molar-refractivity contribution in [3.8, 4) is 0 Å². The fourth-order valence-electron chi connectivity index (χ4n) is 1.64. The average molecular weight is 339 g/mol. The van der Waals surface area contributed by atoms with Crippen molar-refractivity contribution in [1.29, 1.82) is 0 Å². The van der Waals surface area contributed by atoms with Crippen molar-refractivity contribution in [1.82, 2.24) is 9.97 Å². The maximum atomic E-state index is 13.5. The minimum Gasteiger partial charge on any atom is -0.383 e. The molecule has 0 atom stereocenters. The topological polar surface area (TPSA) is 63.8 Å². The second-order valence-corrected chi connectivity index (χ2v) is 5.70. The Bertz CT molecular complexity index is 643. The summed E-state index contributed by atoms with van der Waals surface area (Å²) >= 11 is 3.12. The lowest BCUT2D eigenvalue weighted by molar-refractivity contribution is 0.622. The molecular formula is C14H16BrFN4. The van der Waals surface area contributed by atoms with Crippen LogP contribution in [0.3, 0.4) is 0 Å². The number of nitrogens with zero attached hydrogens (tertiary/aromatic N) is 2. The summed E-state index contributed by atoms with van der Waals surface area (Å²) in [6.45, 7) is 5.82. The van der Waals surface area contributed by atoms with Gasteiger partial charge in [-0.05, 0) is 41.1 Å². The number of nitrogens with two attached hydrogens (primary N) is 1. The molecule has 0 unspecified atom stereocenters. The molecule has 0 saturated carbocycles. The Morgan fingerprint density at radius 1 is 1.30 bits per heavy atom. The monoisotopic (exact) mass is 338 g/mol. The van der Waals surface area contributed by atoms with Gasteiger partial charge in [0.2, 0.25) is 0 Å². The Morgan fingerprint density at radius 3 is 2.60 bits per heavy atom. The number of hydrogen-bond donors (Lipinski definition) is 2. The van der Waals surface area contributed by atoms with E-state index in [-0.39, 0.29) is 11.7 Å². The number of nitrogens with one attached hydrogen (secondary N) is 1. The molecule has 1 heterocycles. The van der Waals surface area contributed by atoms with Gasteiger partial charge in [0.25, 0.3) is 0 Å². The number of nitrogen functional groups attached to an aromatic ring is 1. The molecule has 0 bridgehead atoms.